The normalized spacial score (nSPS) is 27.6. The second-order valence-corrected chi connectivity index (χ2v) is 2.96. The Bertz CT molecular complexity index is 229. The first-order chi connectivity index (χ1) is 6.07. The van der Waals surface area contributed by atoms with E-state index in [1.807, 2.05) is 0 Å². The van der Waals surface area contributed by atoms with Crippen LogP contribution in [-0.2, 0) is 4.79 Å². The number of carboxylic acids is 1. The molecule has 1 rings (SSSR count). The molecule has 1 aliphatic heterocycles. The molecular formula is C7H11NO5. The molecule has 1 heterocycles. The lowest BCUT2D eigenvalue weighted by Gasteiger charge is -2.23. The van der Waals surface area contributed by atoms with E-state index in [0.29, 0.717) is 6.42 Å². The Morgan fingerprint density at radius 1 is 1.31 bits per heavy atom. The van der Waals surface area contributed by atoms with Gasteiger partial charge in [-0.3, -0.25) is 4.90 Å². The second-order valence-electron chi connectivity index (χ2n) is 2.96. The highest BCUT2D eigenvalue weighted by molar-refractivity contribution is 5.80. The Morgan fingerprint density at radius 3 is 2.31 bits per heavy atom. The first-order valence-corrected chi connectivity index (χ1v) is 3.93. The van der Waals surface area contributed by atoms with Gasteiger partial charge in [-0.25, -0.2) is 9.59 Å². The largest absolute Gasteiger partial charge is 0.480 e. The fraction of sp³-hybridized carbons (Fsp3) is 0.714. The molecule has 1 unspecified atom stereocenters. The van der Waals surface area contributed by atoms with Crippen molar-refractivity contribution in [2.45, 2.75) is 24.9 Å². The molecule has 0 saturated carbocycles. The summed E-state index contributed by atoms with van der Waals surface area (Å²) in [6.07, 6.45) is -0.615. The maximum atomic E-state index is 10.6. The molecule has 0 spiro atoms. The summed E-state index contributed by atoms with van der Waals surface area (Å²) in [5.74, 6) is -1.15. The van der Waals surface area contributed by atoms with Crippen molar-refractivity contribution < 1.29 is 24.9 Å². The van der Waals surface area contributed by atoms with Gasteiger partial charge in [-0.2, -0.15) is 0 Å². The number of carbonyl (C=O) groups is 2. The molecule has 0 aromatic rings. The van der Waals surface area contributed by atoms with Crippen LogP contribution in [0.1, 0.15) is 12.8 Å². The Balaban J connectivity index is 2.78. The van der Waals surface area contributed by atoms with Crippen molar-refractivity contribution in [3.05, 3.63) is 0 Å². The van der Waals surface area contributed by atoms with E-state index in [9.17, 15) is 9.59 Å². The minimum atomic E-state index is -1.29. The van der Waals surface area contributed by atoms with Crippen LogP contribution in [0.5, 0.6) is 0 Å². The van der Waals surface area contributed by atoms with Crippen LogP contribution in [0.25, 0.3) is 0 Å². The summed E-state index contributed by atoms with van der Waals surface area (Å²) < 4.78 is 0. The van der Waals surface area contributed by atoms with Crippen LogP contribution >= 0.6 is 0 Å². The minimum Gasteiger partial charge on any atom is -0.480 e. The van der Waals surface area contributed by atoms with Crippen molar-refractivity contribution >= 4 is 12.1 Å². The lowest BCUT2D eigenvalue weighted by Crippen LogP contribution is -2.45. The molecule has 0 aromatic heterocycles. The van der Waals surface area contributed by atoms with Gasteiger partial charge in [-0.15, -0.1) is 0 Å². The molecule has 0 aromatic carbocycles. The highest BCUT2D eigenvalue weighted by atomic mass is 16.4. The molecule has 1 amide bonds. The standard InChI is InChI=1S/C7H11NO5/c9-3-4-1-2-5(6(10)11)8(4)7(12)13/h4-5,9H,1-3H2,(H,10,11)(H,12,13)/t4-,5?/m0/s1. The van der Waals surface area contributed by atoms with Crippen molar-refractivity contribution in [2.24, 2.45) is 0 Å². The van der Waals surface area contributed by atoms with Crippen LogP contribution in [0, 0.1) is 0 Å². The summed E-state index contributed by atoms with van der Waals surface area (Å²) in [5, 5.41) is 26.1. The number of rotatable bonds is 2. The van der Waals surface area contributed by atoms with Gasteiger partial charge in [-0.1, -0.05) is 0 Å². The molecule has 13 heavy (non-hydrogen) atoms. The minimum absolute atomic E-state index is 0.271. The summed E-state index contributed by atoms with van der Waals surface area (Å²) in [5.41, 5.74) is 0. The van der Waals surface area contributed by atoms with E-state index in [1.54, 1.807) is 0 Å². The van der Waals surface area contributed by atoms with E-state index in [-0.39, 0.29) is 13.0 Å². The molecule has 6 nitrogen and oxygen atoms in total. The van der Waals surface area contributed by atoms with Crippen molar-refractivity contribution in [3.63, 3.8) is 0 Å². The Kier molecular flexibility index (Phi) is 2.72. The van der Waals surface area contributed by atoms with E-state index in [4.69, 9.17) is 15.3 Å². The van der Waals surface area contributed by atoms with Crippen LogP contribution in [0.2, 0.25) is 0 Å². The van der Waals surface area contributed by atoms with Gasteiger partial charge >= 0.3 is 12.1 Å². The summed E-state index contributed by atoms with van der Waals surface area (Å²) >= 11 is 0. The summed E-state index contributed by atoms with van der Waals surface area (Å²) in [4.78, 5) is 22.0. The SMILES string of the molecule is O=C(O)C1CC[C@@H](CO)N1C(=O)O. The number of hydrogen-bond acceptors (Lipinski definition) is 3. The van der Waals surface area contributed by atoms with Crippen molar-refractivity contribution in [3.8, 4) is 0 Å². The second kappa shape index (κ2) is 3.61. The fourth-order valence-corrected chi connectivity index (χ4v) is 1.59. The van der Waals surface area contributed by atoms with Gasteiger partial charge in [0.05, 0.1) is 12.6 Å². The van der Waals surface area contributed by atoms with Crippen LogP contribution in [0.4, 0.5) is 4.79 Å². The van der Waals surface area contributed by atoms with Gasteiger partial charge in [-0.05, 0) is 12.8 Å². The average Bonchev–Trinajstić information content (AvgIpc) is 2.46. The predicted octanol–water partition coefficient (Wildman–Crippen LogP) is -0.426. The maximum absolute atomic E-state index is 10.6. The van der Waals surface area contributed by atoms with Crippen LogP contribution < -0.4 is 0 Å². The Labute approximate surface area is 74.4 Å². The third-order valence-electron chi connectivity index (χ3n) is 2.22. The number of amides is 1. The van der Waals surface area contributed by atoms with Crippen molar-refractivity contribution in [2.75, 3.05) is 6.61 Å². The average molecular weight is 189 g/mol. The van der Waals surface area contributed by atoms with E-state index in [0.717, 1.165) is 4.90 Å². The quantitative estimate of drug-likeness (QED) is 0.547. The Hall–Kier alpha value is -1.30. The van der Waals surface area contributed by atoms with Gasteiger partial charge in [0.2, 0.25) is 0 Å². The lowest BCUT2D eigenvalue weighted by atomic mass is 10.2. The van der Waals surface area contributed by atoms with Gasteiger partial charge in [0, 0.05) is 0 Å². The molecule has 1 fully saturated rings. The molecule has 0 aliphatic carbocycles. The van der Waals surface area contributed by atoms with E-state index >= 15 is 0 Å². The van der Waals surface area contributed by atoms with Gasteiger partial charge in [0.15, 0.2) is 0 Å². The molecule has 74 valence electrons. The number of aliphatic carboxylic acids is 1. The number of carboxylic acid groups (broad SMARTS) is 2. The molecule has 3 N–H and O–H groups in total. The molecule has 1 saturated heterocycles. The number of aliphatic hydroxyl groups is 1. The number of nitrogens with zero attached hydrogens (tertiary/aromatic N) is 1. The van der Waals surface area contributed by atoms with Gasteiger partial charge in [0.1, 0.15) is 6.04 Å². The van der Waals surface area contributed by atoms with Crippen LogP contribution in [-0.4, -0.2) is 51.0 Å². The lowest BCUT2D eigenvalue weighted by molar-refractivity contribution is -0.142. The first-order valence-electron chi connectivity index (χ1n) is 3.93. The maximum Gasteiger partial charge on any atom is 0.408 e. The highest BCUT2D eigenvalue weighted by Crippen LogP contribution is 2.23. The summed E-state index contributed by atoms with van der Waals surface area (Å²) in [6, 6.07) is -1.58. The van der Waals surface area contributed by atoms with Crippen LogP contribution in [0.15, 0.2) is 0 Å². The number of likely N-dealkylation sites (tertiary alicyclic amines) is 1. The zero-order chi connectivity index (χ0) is 10.0. The summed E-state index contributed by atoms with van der Waals surface area (Å²) in [7, 11) is 0. The van der Waals surface area contributed by atoms with Crippen LogP contribution in [0.3, 0.4) is 0 Å². The molecule has 0 bridgehead atoms. The third kappa shape index (κ3) is 1.72. The van der Waals surface area contributed by atoms with Gasteiger partial charge < -0.3 is 15.3 Å². The first kappa shape index (κ1) is 9.79. The zero-order valence-electron chi connectivity index (χ0n) is 6.88. The number of aliphatic hydroxyl groups excluding tert-OH is 1. The predicted molar refractivity (Wildman–Crippen MR) is 41.4 cm³/mol. The topological polar surface area (TPSA) is 98.1 Å². The smallest absolute Gasteiger partial charge is 0.408 e. The molecule has 0 radical (unpaired) electrons. The molecule has 2 atom stereocenters. The molecule has 1 aliphatic rings. The van der Waals surface area contributed by atoms with Crippen molar-refractivity contribution in [1.29, 1.82) is 0 Å². The van der Waals surface area contributed by atoms with E-state index in [2.05, 4.69) is 0 Å². The summed E-state index contributed by atoms with van der Waals surface area (Å²) in [6.45, 7) is -0.323. The molecule has 6 heteroatoms. The van der Waals surface area contributed by atoms with Crippen molar-refractivity contribution in [1.82, 2.24) is 4.90 Å². The number of hydrogen-bond donors (Lipinski definition) is 3. The van der Waals surface area contributed by atoms with E-state index < -0.39 is 24.1 Å². The highest BCUT2D eigenvalue weighted by Gasteiger charge is 2.40. The zero-order valence-corrected chi connectivity index (χ0v) is 6.88. The Morgan fingerprint density at radius 2 is 1.92 bits per heavy atom. The monoisotopic (exact) mass is 189 g/mol. The van der Waals surface area contributed by atoms with Gasteiger partial charge in [0.25, 0.3) is 0 Å². The van der Waals surface area contributed by atoms with E-state index in [1.165, 1.54) is 0 Å². The third-order valence-corrected chi connectivity index (χ3v) is 2.22. The fourth-order valence-electron chi connectivity index (χ4n) is 1.59. The molecular weight excluding hydrogens is 178 g/mol.